The van der Waals surface area contributed by atoms with E-state index in [0.29, 0.717) is 18.6 Å². The Bertz CT molecular complexity index is 871. The van der Waals surface area contributed by atoms with Gasteiger partial charge in [0, 0.05) is 18.5 Å². The molecule has 0 unspecified atom stereocenters. The molecule has 0 radical (unpaired) electrons. The van der Waals surface area contributed by atoms with Crippen molar-refractivity contribution < 1.29 is 28.2 Å². The zero-order chi connectivity index (χ0) is 16.6. The van der Waals surface area contributed by atoms with Crippen LogP contribution in [0.15, 0.2) is 35.2 Å². The highest BCUT2D eigenvalue weighted by Crippen LogP contribution is 2.30. The molecule has 1 aliphatic heterocycles. The number of morpholine rings is 1. The summed E-state index contributed by atoms with van der Waals surface area (Å²) in [5.74, 6) is -2.05. The molecule has 0 atom stereocenters. The standard InChI is InChI=1S/C15H15NO6S/c17-13-9-11-10(8-12(13)15(18)19)2-1-3-14(11)23(20,21)16-4-6-22-7-5-16/h1-3,8-9,17H,4-7H2,(H,18,19)/p-1. The van der Waals surface area contributed by atoms with Crippen molar-refractivity contribution in [2.75, 3.05) is 26.3 Å². The Hall–Kier alpha value is -2.16. The van der Waals surface area contributed by atoms with Crippen molar-refractivity contribution >= 4 is 26.8 Å². The van der Waals surface area contributed by atoms with Crippen molar-refractivity contribution in [3.05, 3.63) is 35.9 Å². The summed E-state index contributed by atoms with van der Waals surface area (Å²) >= 11 is 0. The van der Waals surface area contributed by atoms with Gasteiger partial charge in [0.15, 0.2) is 0 Å². The molecule has 1 N–H and O–H groups in total. The fraction of sp³-hybridized carbons (Fsp3) is 0.267. The molecule has 8 heteroatoms. The Morgan fingerprint density at radius 2 is 1.91 bits per heavy atom. The Balaban J connectivity index is 2.18. The average Bonchev–Trinajstić information content (AvgIpc) is 2.54. The Labute approximate surface area is 132 Å². The number of hydrogen-bond donors (Lipinski definition) is 1. The van der Waals surface area contributed by atoms with Gasteiger partial charge in [-0.25, -0.2) is 13.2 Å². The van der Waals surface area contributed by atoms with Crippen molar-refractivity contribution in [2.45, 2.75) is 4.90 Å². The van der Waals surface area contributed by atoms with Gasteiger partial charge >= 0.3 is 5.97 Å². The van der Waals surface area contributed by atoms with Crippen molar-refractivity contribution in [2.24, 2.45) is 0 Å². The molecule has 7 nitrogen and oxygen atoms in total. The van der Waals surface area contributed by atoms with Gasteiger partial charge in [-0.3, -0.25) is 0 Å². The highest BCUT2D eigenvalue weighted by atomic mass is 32.2. The van der Waals surface area contributed by atoms with Gasteiger partial charge in [0.05, 0.1) is 23.7 Å². The molecule has 1 saturated heterocycles. The molecule has 0 saturated carbocycles. The van der Waals surface area contributed by atoms with E-state index in [1.54, 1.807) is 6.07 Å². The number of rotatable bonds is 3. The first-order valence-corrected chi connectivity index (χ1v) is 8.40. The van der Waals surface area contributed by atoms with Crippen LogP contribution in [0.5, 0.6) is 5.75 Å². The number of aromatic carboxylic acids is 1. The molecule has 2 aromatic rings. The lowest BCUT2D eigenvalue weighted by molar-refractivity contribution is -0.268. The van der Waals surface area contributed by atoms with Crippen molar-refractivity contribution in [3.63, 3.8) is 0 Å². The van der Waals surface area contributed by atoms with Gasteiger partial charge in [-0.2, -0.15) is 4.31 Å². The number of sulfonamides is 1. The van der Waals surface area contributed by atoms with E-state index in [2.05, 4.69) is 0 Å². The van der Waals surface area contributed by atoms with Crippen molar-refractivity contribution in [1.29, 1.82) is 0 Å². The first-order chi connectivity index (χ1) is 10.9. The molecular weight excluding hydrogens is 322 g/mol. The highest BCUT2D eigenvalue weighted by molar-refractivity contribution is 7.89. The minimum absolute atomic E-state index is 0.00550. The van der Waals surface area contributed by atoms with Gasteiger partial charge in [0.25, 0.3) is 0 Å². The number of carboxylic acid groups (broad SMARTS) is 1. The highest BCUT2D eigenvalue weighted by Gasteiger charge is 2.27. The number of carbonyl (C=O) groups is 1. The first kappa shape index (κ1) is 15.7. The number of hydrogen-bond acceptors (Lipinski definition) is 5. The summed E-state index contributed by atoms with van der Waals surface area (Å²) in [6.45, 7) is 1.13. The van der Waals surface area contributed by atoms with E-state index >= 15 is 0 Å². The maximum atomic E-state index is 12.8. The number of benzene rings is 2. The van der Waals surface area contributed by atoms with E-state index in [9.17, 15) is 18.3 Å². The van der Waals surface area contributed by atoms with Crippen LogP contribution in [0.4, 0.5) is 0 Å². The predicted octanol–water partition coefficient (Wildman–Crippen LogP) is 0.633. The lowest BCUT2D eigenvalue weighted by Crippen LogP contribution is -2.40. The van der Waals surface area contributed by atoms with Gasteiger partial charge in [0.1, 0.15) is 0 Å². The Kier molecular flexibility index (Phi) is 3.97. The molecular formula is C15H14NO6S-. The normalized spacial score (nSPS) is 16.5. The van der Waals surface area contributed by atoms with Crippen LogP contribution in [0.2, 0.25) is 0 Å². The van der Waals surface area contributed by atoms with Crippen LogP contribution in [-0.2, 0) is 14.8 Å². The monoisotopic (exact) mass is 336 g/mol. The quantitative estimate of drug-likeness (QED) is 0.881. The third-order valence-corrected chi connectivity index (χ3v) is 5.72. The summed E-state index contributed by atoms with van der Waals surface area (Å²) in [5.41, 5.74) is -0.376. The van der Waals surface area contributed by atoms with Gasteiger partial charge in [-0.05, 0) is 17.5 Å². The van der Waals surface area contributed by atoms with Crippen LogP contribution >= 0.6 is 0 Å². The molecule has 1 fully saturated rings. The summed E-state index contributed by atoms with van der Waals surface area (Å²) < 4.78 is 32.0. The lowest BCUT2D eigenvalue weighted by atomic mass is 10.1. The molecule has 3 rings (SSSR count). The smallest absolute Gasteiger partial charge is 0.335 e. The van der Waals surface area contributed by atoms with Crippen LogP contribution in [-0.4, -0.2) is 50.1 Å². The van der Waals surface area contributed by atoms with Crippen LogP contribution in [0.1, 0.15) is 10.4 Å². The van der Waals surface area contributed by atoms with Crippen LogP contribution < -0.4 is 5.11 Å². The second-order valence-electron chi connectivity index (χ2n) is 5.15. The van der Waals surface area contributed by atoms with E-state index < -0.39 is 21.7 Å². The van der Waals surface area contributed by atoms with Gasteiger partial charge in [0.2, 0.25) is 10.0 Å². The molecule has 1 heterocycles. The molecule has 1 aliphatic rings. The topological polar surface area (TPSA) is 107 Å². The van der Waals surface area contributed by atoms with Crippen LogP contribution in [0.3, 0.4) is 0 Å². The summed E-state index contributed by atoms with van der Waals surface area (Å²) in [6, 6.07) is 6.82. The Morgan fingerprint density at radius 3 is 2.57 bits per heavy atom. The maximum Gasteiger partial charge on any atom is 0.335 e. The first-order valence-electron chi connectivity index (χ1n) is 6.96. The second-order valence-corrected chi connectivity index (χ2v) is 7.05. The summed E-state index contributed by atoms with van der Waals surface area (Å²) in [6.07, 6.45) is 0. The minimum atomic E-state index is -3.77. The van der Waals surface area contributed by atoms with Gasteiger partial charge in [-0.15, -0.1) is 0 Å². The Morgan fingerprint density at radius 1 is 1.22 bits per heavy atom. The molecule has 0 aliphatic carbocycles. The third kappa shape index (κ3) is 2.76. The fourth-order valence-corrected chi connectivity index (χ4v) is 4.21. The van der Waals surface area contributed by atoms with E-state index in [-0.39, 0.29) is 28.9 Å². The second kappa shape index (κ2) is 5.80. The molecule has 0 spiro atoms. The van der Waals surface area contributed by atoms with E-state index in [0.717, 1.165) is 6.07 Å². The molecule has 0 amide bonds. The number of ether oxygens (including phenoxy) is 1. The summed E-state index contributed by atoms with van der Waals surface area (Å²) in [7, 11) is -3.77. The van der Waals surface area contributed by atoms with Crippen molar-refractivity contribution in [1.82, 2.24) is 4.31 Å². The molecule has 122 valence electrons. The zero-order valence-corrected chi connectivity index (χ0v) is 12.9. The minimum Gasteiger partial charge on any atom is -0.872 e. The summed E-state index contributed by atoms with van der Waals surface area (Å²) in [4.78, 5) is 11.1. The largest absolute Gasteiger partial charge is 0.872 e. The van der Waals surface area contributed by atoms with E-state index in [1.165, 1.54) is 22.5 Å². The lowest BCUT2D eigenvalue weighted by Gasteiger charge is -2.26. The zero-order valence-electron chi connectivity index (χ0n) is 12.1. The van der Waals surface area contributed by atoms with Crippen LogP contribution in [0.25, 0.3) is 10.8 Å². The molecule has 23 heavy (non-hydrogen) atoms. The van der Waals surface area contributed by atoms with Gasteiger partial charge in [-0.1, -0.05) is 23.9 Å². The van der Waals surface area contributed by atoms with E-state index in [1.807, 2.05) is 0 Å². The average molecular weight is 336 g/mol. The van der Waals surface area contributed by atoms with E-state index in [4.69, 9.17) is 9.84 Å². The fourth-order valence-electron chi connectivity index (χ4n) is 2.59. The van der Waals surface area contributed by atoms with Crippen LogP contribution in [0, 0.1) is 0 Å². The number of fused-ring (bicyclic) bond motifs is 1. The summed E-state index contributed by atoms with van der Waals surface area (Å²) in [5, 5.41) is 21.6. The van der Waals surface area contributed by atoms with Gasteiger partial charge < -0.3 is 14.9 Å². The van der Waals surface area contributed by atoms with Crippen molar-refractivity contribution in [3.8, 4) is 5.75 Å². The number of nitrogens with zero attached hydrogens (tertiary/aromatic N) is 1. The molecule has 0 aromatic heterocycles. The maximum absolute atomic E-state index is 12.8. The molecule has 0 bridgehead atoms. The third-order valence-electron chi connectivity index (χ3n) is 3.76. The number of carboxylic acids is 1. The SMILES string of the molecule is O=C(O)c1cc2cccc(S(=O)(=O)N3CCOCC3)c2cc1[O-]. The predicted molar refractivity (Wildman–Crippen MR) is 79.9 cm³/mol. The molecule has 2 aromatic carbocycles.